The van der Waals surface area contributed by atoms with Crippen LogP contribution in [0.5, 0.6) is 0 Å². The van der Waals surface area contributed by atoms with Crippen LogP contribution in [-0.2, 0) is 14.3 Å². The minimum Gasteiger partial charge on any atom is -0.390 e. The molecule has 2 unspecified atom stereocenters. The van der Waals surface area contributed by atoms with Crippen molar-refractivity contribution in [3.63, 3.8) is 0 Å². The molecule has 4 aliphatic carbocycles. The van der Waals surface area contributed by atoms with Crippen molar-refractivity contribution in [1.82, 2.24) is 0 Å². The van der Waals surface area contributed by atoms with Crippen molar-refractivity contribution in [2.24, 2.45) is 28.6 Å². The Labute approximate surface area is 183 Å². The fraction of sp³-hybridized carbons (Fsp3) is 0.680. The largest absolute Gasteiger partial charge is 0.390 e. The molecule has 0 amide bonds. The number of halogens is 1. The monoisotopic (exact) mass is 432 g/mol. The number of Topliss-reactive ketones (excluding diaryl/α,β-unsaturated/α-hetero) is 1. The highest BCUT2D eigenvalue weighted by molar-refractivity contribution is 6.01. The Morgan fingerprint density at radius 1 is 1.39 bits per heavy atom. The maximum absolute atomic E-state index is 17.0. The van der Waals surface area contributed by atoms with Crippen LogP contribution in [0.1, 0.15) is 46.5 Å². The third-order valence-corrected chi connectivity index (χ3v) is 9.12. The topological polar surface area (TPSA) is 83.8 Å². The highest BCUT2D eigenvalue weighted by Crippen LogP contribution is 2.70. The lowest BCUT2D eigenvalue weighted by Gasteiger charge is -2.62. The molecule has 0 saturated heterocycles. The number of aliphatic hydroxyl groups excluding tert-OH is 1. The van der Waals surface area contributed by atoms with E-state index in [0.29, 0.717) is 19.3 Å². The summed E-state index contributed by atoms with van der Waals surface area (Å²) < 4.78 is 22.4. The van der Waals surface area contributed by atoms with Crippen LogP contribution in [0.2, 0.25) is 0 Å². The van der Waals surface area contributed by atoms with E-state index < -0.39 is 39.9 Å². The van der Waals surface area contributed by atoms with Gasteiger partial charge in [0.15, 0.2) is 17.2 Å². The molecule has 170 valence electrons. The van der Waals surface area contributed by atoms with E-state index in [0.717, 1.165) is 5.57 Å². The summed E-state index contributed by atoms with van der Waals surface area (Å²) in [6.07, 6.45) is 6.19. The SMILES string of the molecule is C=CCOCC(=O)[C@@]1(O)C(C)C[C@H]2[C@@H]3CCC4=CC(=O)C=C[C@]4(C)[C@@]3(F)C(O)C[C@@]21C. The number of rotatable bonds is 5. The van der Waals surface area contributed by atoms with Crippen molar-refractivity contribution in [1.29, 1.82) is 0 Å². The summed E-state index contributed by atoms with van der Waals surface area (Å²) in [5.74, 6) is -1.76. The van der Waals surface area contributed by atoms with Crippen LogP contribution in [0.15, 0.2) is 36.5 Å². The number of aliphatic hydroxyl groups is 2. The molecule has 8 atom stereocenters. The van der Waals surface area contributed by atoms with E-state index in [1.807, 2.05) is 13.8 Å². The van der Waals surface area contributed by atoms with Gasteiger partial charge in [0.25, 0.3) is 0 Å². The van der Waals surface area contributed by atoms with Crippen LogP contribution >= 0.6 is 0 Å². The van der Waals surface area contributed by atoms with Crippen LogP contribution < -0.4 is 0 Å². The summed E-state index contributed by atoms with van der Waals surface area (Å²) >= 11 is 0. The Kier molecular flexibility index (Phi) is 5.23. The minimum absolute atomic E-state index is 0.0244. The van der Waals surface area contributed by atoms with Crippen LogP contribution in [0.4, 0.5) is 4.39 Å². The minimum atomic E-state index is -1.97. The van der Waals surface area contributed by atoms with E-state index in [1.54, 1.807) is 13.0 Å². The second-order valence-corrected chi connectivity index (χ2v) is 10.4. The molecule has 5 nitrogen and oxygen atoms in total. The van der Waals surface area contributed by atoms with Crippen molar-refractivity contribution in [2.75, 3.05) is 13.2 Å². The van der Waals surface area contributed by atoms with Gasteiger partial charge in [-0.05, 0) is 56.6 Å². The molecule has 6 heteroatoms. The van der Waals surface area contributed by atoms with Crippen molar-refractivity contribution in [2.45, 2.75) is 63.8 Å². The van der Waals surface area contributed by atoms with Gasteiger partial charge in [0.1, 0.15) is 12.2 Å². The van der Waals surface area contributed by atoms with Gasteiger partial charge in [-0.2, -0.15) is 0 Å². The molecule has 0 spiro atoms. The summed E-state index contributed by atoms with van der Waals surface area (Å²) in [4.78, 5) is 25.1. The fourth-order valence-corrected chi connectivity index (χ4v) is 7.49. The maximum Gasteiger partial charge on any atom is 0.190 e. The fourth-order valence-electron chi connectivity index (χ4n) is 7.49. The Morgan fingerprint density at radius 2 is 2.10 bits per heavy atom. The first-order valence-electron chi connectivity index (χ1n) is 11.2. The van der Waals surface area contributed by atoms with Gasteiger partial charge in [0.05, 0.1) is 12.7 Å². The molecule has 3 fully saturated rings. The average Bonchev–Trinajstić information content (AvgIpc) is 2.91. The number of ether oxygens (including phenoxy) is 1. The Bertz CT molecular complexity index is 879. The summed E-state index contributed by atoms with van der Waals surface area (Å²) in [6.45, 7) is 8.94. The third kappa shape index (κ3) is 2.71. The highest BCUT2D eigenvalue weighted by Gasteiger charge is 2.75. The first-order valence-corrected chi connectivity index (χ1v) is 11.2. The van der Waals surface area contributed by atoms with Crippen molar-refractivity contribution in [3.05, 3.63) is 36.5 Å². The predicted octanol–water partition coefficient (Wildman–Crippen LogP) is 3.11. The number of carbonyl (C=O) groups excluding carboxylic acids is 2. The van der Waals surface area contributed by atoms with E-state index in [9.17, 15) is 19.8 Å². The second-order valence-electron chi connectivity index (χ2n) is 10.4. The second kappa shape index (κ2) is 7.19. The van der Waals surface area contributed by atoms with Crippen molar-refractivity contribution >= 4 is 11.6 Å². The number of carbonyl (C=O) groups is 2. The molecular weight excluding hydrogens is 399 g/mol. The van der Waals surface area contributed by atoms with Crippen LogP contribution in [0.25, 0.3) is 0 Å². The van der Waals surface area contributed by atoms with Gasteiger partial charge in [0.2, 0.25) is 0 Å². The molecule has 4 aliphatic rings. The van der Waals surface area contributed by atoms with E-state index in [2.05, 4.69) is 6.58 Å². The van der Waals surface area contributed by atoms with Crippen molar-refractivity contribution < 1.29 is 28.9 Å². The number of fused-ring (bicyclic) bond motifs is 5. The molecule has 4 rings (SSSR count). The van der Waals surface area contributed by atoms with Crippen LogP contribution in [0, 0.1) is 28.6 Å². The Balaban J connectivity index is 1.74. The summed E-state index contributed by atoms with van der Waals surface area (Å²) in [6, 6.07) is 0. The van der Waals surface area contributed by atoms with Gasteiger partial charge in [0, 0.05) is 16.7 Å². The molecule has 0 aromatic heterocycles. The van der Waals surface area contributed by atoms with Gasteiger partial charge < -0.3 is 14.9 Å². The first kappa shape index (κ1) is 22.6. The number of hydrogen-bond donors (Lipinski definition) is 2. The predicted molar refractivity (Wildman–Crippen MR) is 114 cm³/mol. The average molecular weight is 433 g/mol. The summed E-state index contributed by atoms with van der Waals surface area (Å²) in [5.41, 5.74) is -4.99. The molecule has 3 saturated carbocycles. The summed E-state index contributed by atoms with van der Waals surface area (Å²) in [5, 5.41) is 23.0. The van der Waals surface area contributed by atoms with Gasteiger partial charge in [-0.25, -0.2) is 4.39 Å². The first-order chi connectivity index (χ1) is 14.5. The number of allylic oxidation sites excluding steroid dienone is 4. The quantitative estimate of drug-likeness (QED) is 0.515. The molecular formula is C25H33FO5. The van der Waals surface area contributed by atoms with E-state index >= 15 is 4.39 Å². The van der Waals surface area contributed by atoms with Crippen LogP contribution in [-0.4, -0.2) is 52.4 Å². The Hall–Kier alpha value is -1.63. The maximum atomic E-state index is 17.0. The molecule has 0 heterocycles. The Morgan fingerprint density at radius 3 is 2.77 bits per heavy atom. The van der Waals surface area contributed by atoms with E-state index in [-0.39, 0.29) is 37.3 Å². The van der Waals surface area contributed by atoms with Crippen LogP contribution in [0.3, 0.4) is 0 Å². The lowest BCUT2D eigenvalue weighted by atomic mass is 9.44. The molecule has 2 N–H and O–H groups in total. The third-order valence-electron chi connectivity index (χ3n) is 9.12. The van der Waals surface area contributed by atoms with Gasteiger partial charge in [-0.1, -0.05) is 31.6 Å². The van der Waals surface area contributed by atoms with Gasteiger partial charge in [-0.3, -0.25) is 9.59 Å². The molecule has 0 aromatic carbocycles. The smallest absolute Gasteiger partial charge is 0.190 e. The zero-order valence-corrected chi connectivity index (χ0v) is 18.6. The highest BCUT2D eigenvalue weighted by atomic mass is 19.1. The lowest BCUT2D eigenvalue weighted by Crippen LogP contribution is -2.69. The number of alkyl halides is 1. The lowest BCUT2D eigenvalue weighted by molar-refractivity contribution is -0.219. The molecule has 0 aromatic rings. The molecule has 0 radical (unpaired) electrons. The summed E-state index contributed by atoms with van der Waals surface area (Å²) in [7, 11) is 0. The number of ketones is 2. The van der Waals surface area contributed by atoms with Crippen molar-refractivity contribution in [3.8, 4) is 0 Å². The number of hydrogen-bond acceptors (Lipinski definition) is 5. The molecule has 0 bridgehead atoms. The molecule has 0 aliphatic heterocycles. The van der Waals surface area contributed by atoms with E-state index in [4.69, 9.17) is 4.74 Å². The van der Waals surface area contributed by atoms with Gasteiger partial charge >= 0.3 is 0 Å². The van der Waals surface area contributed by atoms with Gasteiger partial charge in [-0.15, -0.1) is 6.58 Å². The zero-order chi connectivity index (χ0) is 22.8. The normalized spacial score (nSPS) is 48.5. The van der Waals surface area contributed by atoms with E-state index in [1.165, 1.54) is 18.2 Å². The zero-order valence-electron chi connectivity index (χ0n) is 18.6. The standard InChI is InChI=1S/C25H33FO5/c1-5-10-31-14-21(29)25(30)15(2)11-19-18-7-6-16-12-17(27)8-9-22(16,3)24(18,26)20(28)13-23(19,25)4/h5,8-9,12,15,18-20,28,30H,1,6-7,10-11,13-14H2,2-4H3/t15?,18-,19-,20?,22-,23-,24-,25-/m0/s1. The molecule has 31 heavy (non-hydrogen) atoms.